The smallest absolute Gasteiger partial charge is 0.220 e. The fourth-order valence-electron chi connectivity index (χ4n) is 9.15. The van der Waals surface area contributed by atoms with Gasteiger partial charge in [0.1, 0.15) is 48.8 Å². The summed E-state index contributed by atoms with van der Waals surface area (Å²) in [6.07, 6.45) is 64.5. The predicted molar refractivity (Wildman–Crippen MR) is 341 cm³/mol. The number of aliphatic hydroxyl groups excluding tert-OH is 8. The maximum Gasteiger partial charge on any atom is 0.220 e. The Bertz CT molecular complexity index is 2010. The van der Waals surface area contributed by atoms with Crippen LogP contribution in [0.5, 0.6) is 0 Å². The summed E-state index contributed by atoms with van der Waals surface area (Å²) in [7, 11) is 0. The van der Waals surface area contributed by atoms with E-state index in [1.807, 2.05) is 6.08 Å². The van der Waals surface area contributed by atoms with E-state index in [2.05, 4.69) is 165 Å². The molecule has 0 aromatic rings. The molecular formula is C70H111NO13. The molecule has 474 valence electrons. The highest BCUT2D eigenvalue weighted by atomic mass is 16.7. The molecule has 12 unspecified atom stereocenters. The summed E-state index contributed by atoms with van der Waals surface area (Å²) in [6, 6.07) is -0.949. The van der Waals surface area contributed by atoms with Crippen molar-refractivity contribution in [3.8, 4) is 0 Å². The zero-order valence-electron chi connectivity index (χ0n) is 51.1. The van der Waals surface area contributed by atoms with Gasteiger partial charge in [0.25, 0.3) is 0 Å². The van der Waals surface area contributed by atoms with E-state index >= 15 is 0 Å². The van der Waals surface area contributed by atoms with Crippen molar-refractivity contribution >= 4 is 5.91 Å². The second-order valence-electron chi connectivity index (χ2n) is 21.5. The molecule has 84 heavy (non-hydrogen) atoms. The highest BCUT2D eigenvalue weighted by Gasteiger charge is 2.51. The van der Waals surface area contributed by atoms with Crippen LogP contribution in [0.15, 0.2) is 158 Å². The van der Waals surface area contributed by atoms with Crippen molar-refractivity contribution in [3.05, 3.63) is 158 Å². The van der Waals surface area contributed by atoms with Crippen molar-refractivity contribution in [3.63, 3.8) is 0 Å². The highest BCUT2D eigenvalue weighted by Crippen LogP contribution is 2.30. The lowest BCUT2D eigenvalue weighted by Gasteiger charge is -2.46. The number of carbonyl (C=O) groups excluding carboxylic acids is 1. The molecule has 14 nitrogen and oxygen atoms in total. The second-order valence-corrected chi connectivity index (χ2v) is 21.5. The number of hydrogen-bond acceptors (Lipinski definition) is 13. The van der Waals surface area contributed by atoms with E-state index in [4.69, 9.17) is 18.9 Å². The van der Waals surface area contributed by atoms with Crippen LogP contribution in [0.25, 0.3) is 0 Å². The van der Waals surface area contributed by atoms with Crippen molar-refractivity contribution in [1.29, 1.82) is 0 Å². The molecular weight excluding hydrogens is 1060 g/mol. The number of nitrogens with one attached hydrogen (secondary N) is 1. The third-order valence-corrected chi connectivity index (χ3v) is 14.2. The summed E-state index contributed by atoms with van der Waals surface area (Å²) in [5.41, 5.74) is 0. The van der Waals surface area contributed by atoms with Gasteiger partial charge >= 0.3 is 0 Å². The average Bonchev–Trinajstić information content (AvgIpc) is 3.59. The van der Waals surface area contributed by atoms with Gasteiger partial charge in [-0.1, -0.05) is 223 Å². The molecule has 0 spiro atoms. The molecule has 0 aromatic carbocycles. The van der Waals surface area contributed by atoms with E-state index in [1.54, 1.807) is 6.08 Å². The van der Waals surface area contributed by atoms with Crippen LogP contribution in [0.3, 0.4) is 0 Å². The summed E-state index contributed by atoms with van der Waals surface area (Å²) >= 11 is 0. The third kappa shape index (κ3) is 37.2. The first-order valence-corrected chi connectivity index (χ1v) is 31.7. The number of aliphatic hydroxyl groups is 8. The van der Waals surface area contributed by atoms with Crippen molar-refractivity contribution < 1.29 is 64.6 Å². The van der Waals surface area contributed by atoms with Crippen molar-refractivity contribution in [2.24, 2.45) is 0 Å². The first-order chi connectivity index (χ1) is 41.1. The van der Waals surface area contributed by atoms with Crippen LogP contribution < -0.4 is 5.32 Å². The van der Waals surface area contributed by atoms with Crippen LogP contribution in [-0.4, -0.2) is 140 Å². The van der Waals surface area contributed by atoms with Gasteiger partial charge in [0.2, 0.25) is 5.91 Å². The lowest BCUT2D eigenvalue weighted by molar-refractivity contribution is -0.359. The molecule has 0 aromatic heterocycles. The molecule has 2 saturated heterocycles. The maximum atomic E-state index is 13.2. The van der Waals surface area contributed by atoms with Crippen LogP contribution >= 0.6 is 0 Å². The van der Waals surface area contributed by atoms with E-state index in [1.165, 1.54) is 38.5 Å². The van der Waals surface area contributed by atoms with Gasteiger partial charge in [0.15, 0.2) is 12.6 Å². The minimum atomic E-state index is -1.80. The van der Waals surface area contributed by atoms with E-state index in [0.29, 0.717) is 6.42 Å². The number of amides is 1. The molecule has 9 N–H and O–H groups in total. The second kappa shape index (κ2) is 52.9. The van der Waals surface area contributed by atoms with E-state index in [-0.39, 0.29) is 18.9 Å². The first-order valence-electron chi connectivity index (χ1n) is 31.7. The Labute approximate surface area is 505 Å². The number of allylic oxidation sites excluding steroid dienone is 25. The number of unbranched alkanes of at least 4 members (excludes halogenated alkanes) is 11. The molecule has 1 amide bonds. The molecule has 0 saturated carbocycles. The van der Waals surface area contributed by atoms with Gasteiger partial charge in [-0.15, -0.1) is 0 Å². The summed E-state index contributed by atoms with van der Waals surface area (Å²) in [5, 5.41) is 86.9. The van der Waals surface area contributed by atoms with E-state index in [9.17, 15) is 45.6 Å². The Morgan fingerprint density at radius 1 is 0.440 bits per heavy atom. The Hall–Kier alpha value is -4.39. The largest absolute Gasteiger partial charge is 0.394 e. The maximum absolute atomic E-state index is 13.2. The van der Waals surface area contributed by atoms with Gasteiger partial charge in [0, 0.05) is 6.42 Å². The standard InChI is InChI=1S/C70H111NO13/c1-3-5-7-9-11-13-15-16-17-18-19-20-21-22-23-24-25-26-27-28-29-30-31-32-33-34-35-36-37-38-39-40-41-42-44-46-48-50-52-54-62(75)71-58(59(74)53-51-49-47-45-43-14-12-10-8-6-4-2)57-81-69-67(80)65(78)68(61(56-73)83-69)84-70-66(79)64(77)63(76)60(55-72)82-70/h5,7,11,13,16-17,19-20,22-23,25-26,28-29,31-32,34-35,37-38,40-41,44,46,51,53,58-61,63-70,72-74,76-80H,3-4,6,8-10,12,14-15,18,21,24,27,30,33,36,39,42-43,45,47-50,52,54-57H2,1-2H3,(H,71,75)/b7-5-,13-11-,17-16-,20-19-,23-22-,26-25-,29-28-,32-31-,35-34-,38-37-,41-40-,46-44-,53-51+. The normalized spacial score (nSPS) is 24.8. The Balaban J connectivity index is 1.67. The Morgan fingerprint density at radius 3 is 1.26 bits per heavy atom. The van der Waals surface area contributed by atoms with Crippen LogP contribution in [0, 0.1) is 0 Å². The molecule has 2 rings (SSSR count). The first kappa shape index (κ1) is 75.7. The fraction of sp³-hybridized carbons (Fsp3) is 0.614. The monoisotopic (exact) mass is 1170 g/mol. The summed E-state index contributed by atoms with van der Waals surface area (Å²) in [6.45, 7) is 2.60. The van der Waals surface area contributed by atoms with Crippen LogP contribution in [0.1, 0.15) is 181 Å². The highest BCUT2D eigenvalue weighted by molar-refractivity contribution is 5.76. The molecule has 2 heterocycles. The fourth-order valence-corrected chi connectivity index (χ4v) is 9.15. The topological polar surface area (TPSA) is 228 Å². The number of carbonyl (C=O) groups is 1. The van der Waals surface area contributed by atoms with Gasteiger partial charge in [-0.05, 0) is 109 Å². The molecule has 0 radical (unpaired) electrons. The van der Waals surface area contributed by atoms with E-state index < -0.39 is 86.8 Å². The van der Waals surface area contributed by atoms with Crippen LogP contribution in [0.2, 0.25) is 0 Å². The molecule has 12 atom stereocenters. The molecule has 2 fully saturated rings. The number of rotatable bonds is 48. The predicted octanol–water partition coefficient (Wildman–Crippen LogP) is 11.9. The lowest BCUT2D eigenvalue weighted by Crippen LogP contribution is -2.65. The summed E-state index contributed by atoms with van der Waals surface area (Å²) in [5.74, 6) is -0.291. The van der Waals surface area contributed by atoms with Gasteiger partial charge < -0.3 is 65.1 Å². The number of hydrogen-bond donors (Lipinski definition) is 9. The van der Waals surface area contributed by atoms with Crippen LogP contribution in [0.4, 0.5) is 0 Å². The third-order valence-electron chi connectivity index (χ3n) is 14.2. The summed E-state index contributed by atoms with van der Waals surface area (Å²) < 4.78 is 22.7. The van der Waals surface area contributed by atoms with E-state index in [0.717, 1.165) is 116 Å². The molecule has 2 aliphatic heterocycles. The van der Waals surface area contributed by atoms with Crippen molar-refractivity contribution in [2.75, 3.05) is 19.8 Å². The van der Waals surface area contributed by atoms with Gasteiger partial charge in [-0.2, -0.15) is 0 Å². The SMILES string of the molecule is CC/C=C\C/C=C\C/C=C\C/C=C\C/C=C\C/C=C\C/C=C\C/C=C\C/C=C\C/C=C\C/C=C\C/C=C\CCCCC(=O)NC(COC1OC(CO)C(OC2OC(CO)C(O)C(O)C2O)C(O)C1O)C(O)/C=C/CCCCCCCCCCC. The minimum absolute atomic E-state index is 0.215. The van der Waals surface area contributed by atoms with Gasteiger partial charge in [-0.25, -0.2) is 0 Å². The van der Waals surface area contributed by atoms with Crippen LogP contribution in [-0.2, 0) is 23.7 Å². The zero-order chi connectivity index (χ0) is 60.9. The quantitative estimate of drug-likeness (QED) is 0.0204. The van der Waals surface area contributed by atoms with Gasteiger partial charge in [0.05, 0.1) is 32.0 Å². The summed E-state index contributed by atoms with van der Waals surface area (Å²) in [4.78, 5) is 13.2. The molecule has 2 aliphatic rings. The number of ether oxygens (including phenoxy) is 4. The Kier molecular flexibility index (Phi) is 47.7. The molecule has 0 aliphatic carbocycles. The van der Waals surface area contributed by atoms with Gasteiger partial charge in [-0.3, -0.25) is 4.79 Å². The zero-order valence-corrected chi connectivity index (χ0v) is 51.1. The molecule has 14 heteroatoms. The molecule has 0 bridgehead atoms. The van der Waals surface area contributed by atoms with Crippen molar-refractivity contribution in [1.82, 2.24) is 5.32 Å². The minimum Gasteiger partial charge on any atom is -0.394 e. The lowest BCUT2D eigenvalue weighted by atomic mass is 9.97. The van der Waals surface area contributed by atoms with Crippen molar-refractivity contribution in [2.45, 2.75) is 254 Å². The average molecular weight is 1170 g/mol. The Morgan fingerprint density at radius 2 is 0.821 bits per heavy atom.